The highest BCUT2D eigenvalue weighted by atomic mass is 19.1. The summed E-state index contributed by atoms with van der Waals surface area (Å²) in [5, 5.41) is 75.3. The molecule has 11 amide bonds. The number of rotatable bonds is 41. The molecule has 0 aliphatic heterocycles. The van der Waals surface area contributed by atoms with Gasteiger partial charge in [-0.1, -0.05) is 104 Å². The Morgan fingerprint density at radius 2 is 1.15 bits per heavy atom. The lowest BCUT2D eigenvalue weighted by Gasteiger charge is -2.34. The summed E-state index contributed by atoms with van der Waals surface area (Å²) in [6.07, 6.45) is -3.76. The van der Waals surface area contributed by atoms with Gasteiger partial charge in [0.15, 0.2) is 0 Å². The number of methoxy groups -OCH3 is 1. The number of carbonyl (C=O) groups excluding carboxylic acids is 11. The monoisotopic (exact) mass is 1530 g/mol. The maximum absolute atomic E-state index is 15.5. The van der Waals surface area contributed by atoms with Crippen molar-refractivity contribution in [1.29, 1.82) is 0 Å². The van der Waals surface area contributed by atoms with Crippen molar-refractivity contribution < 1.29 is 97.0 Å². The number of aliphatic carboxylic acids is 2. The Balaban J connectivity index is 1.17. The first-order valence-corrected chi connectivity index (χ1v) is 35.1. The predicted octanol–water partition coefficient (Wildman–Crippen LogP) is -0.782. The maximum Gasteiger partial charge on any atom is 0.305 e. The van der Waals surface area contributed by atoms with Gasteiger partial charge in [-0.15, -0.1) is 0 Å². The number of aliphatic hydroxyl groups excluding tert-OH is 3. The number of hydrogen-bond donors (Lipinski definition) is 18. The number of ether oxygens (including phenoxy) is 1. The summed E-state index contributed by atoms with van der Waals surface area (Å²) >= 11 is 0. The van der Waals surface area contributed by atoms with Crippen molar-refractivity contribution in [3.63, 3.8) is 0 Å². The molecule has 0 saturated heterocycles. The van der Waals surface area contributed by atoms with Crippen LogP contribution in [0.5, 0.6) is 5.75 Å². The van der Waals surface area contributed by atoms with E-state index in [0.29, 0.717) is 29.0 Å². The molecule has 0 saturated carbocycles. The predicted molar refractivity (Wildman–Crippen MR) is 396 cm³/mol. The molecule has 2 unspecified atom stereocenters. The van der Waals surface area contributed by atoms with Crippen LogP contribution in [0.2, 0.25) is 0 Å². The minimum atomic E-state index is -2.43. The molecule has 0 radical (unpaired) electrons. The topological polar surface area (TPSA) is 533 Å². The Hall–Kier alpha value is -12.0. The molecule has 6 aromatic rings. The van der Waals surface area contributed by atoms with E-state index in [4.69, 9.17) is 16.2 Å². The fourth-order valence-electron chi connectivity index (χ4n) is 11.6. The minimum absolute atomic E-state index is 0.0162. The molecule has 0 aliphatic carbocycles. The molecule has 110 heavy (non-hydrogen) atoms. The number of aryl methyl sites for hydroxylation is 2. The molecular formula is C76H95FN14O19. The van der Waals surface area contributed by atoms with Crippen molar-refractivity contribution >= 4 is 76.9 Å². The van der Waals surface area contributed by atoms with Crippen LogP contribution in [-0.2, 0) is 94.4 Å². The molecule has 5 aromatic carbocycles. The Morgan fingerprint density at radius 3 is 1.72 bits per heavy atom. The normalized spacial score (nSPS) is 14.5. The molecule has 0 fully saturated rings. The van der Waals surface area contributed by atoms with E-state index in [-0.39, 0.29) is 24.8 Å². The van der Waals surface area contributed by atoms with Crippen molar-refractivity contribution in [2.45, 2.75) is 171 Å². The van der Waals surface area contributed by atoms with Gasteiger partial charge in [-0.05, 0) is 123 Å². The molecular weight excluding hydrogens is 1430 g/mol. The number of H-pyrrole nitrogens is 1. The summed E-state index contributed by atoms with van der Waals surface area (Å²) in [5.41, 5.74) is 14.4. The number of carbonyl (C=O) groups is 13. The quantitative estimate of drug-likeness (QED) is 0.0224. The fourth-order valence-corrected chi connectivity index (χ4v) is 11.6. The van der Waals surface area contributed by atoms with Crippen LogP contribution in [0.25, 0.3) is 22.3 Å². The number of amides is 11. The van der Waals surface area contributed by atoms with Crippen LogP contribution >= 0.6 is 0 Å². The second kappa shape index (κ2) is 40.3. The highest BCUT2D eigenvalue weighted by Crippen LogP contribution is 2.29. The second-order valence-electron chi connectivity index (χ2n) is 27.1. The second-order valence-corrected chi connectivity index (χ2v) is 27.1. The third-order valence-corrected chi connectivity index (χ3v) is 17.9. The van der Waals surface area contributed by atoms with Crippen LogP contribution in [-0.4, -0.2) is 204 Å². The molecule has 34 heteroatoms. The molecule has 590 valence electrons. The zero-order valence-corrected chi connectivity index (χ0v) is 61.9. The van der Waals surface area contributed by atoms with Gasteiger partial charge >= 0.3 is 11.9 Å². The number of imidazole rings is 1. The molecule has 20 N–H and O–H groups in total. The van der Waals surface area contributed by atoms with E-state index in [1.807, 2.05) is 62.4 Å². The van der Waals surface area contributed by atoms with E-state index in [0.717, 1.165) is 60.2 Å². The van der Waals surface area contributed by atoms with E-state index in [9.17, 15) is 87.9 Å². The zero-order chi connectivity index (χ0) is 81.3. The number of nitrogens with one attached hydrogen (secondary N) is 11. The van der Waals surface area contributed by atoms with Crippen LogP contribution in [0.3, 0.4) is 0 Å². The highest BCUT2D eigenvalue weighted by Gasteiger charge is 2.43. The first-order valence-electron chi connectivity index (χ1n) is 35.1. The van der Waals surface area contributed by atoms with Crippen molar-refractivity contribution in [2.24, 2.45) is 11.5 Å². The summed E-state index contributed by atoms with van der Waals surface area (Å²) in [6.45, 7) is 7.27. The van der Waals surface area contributed by atoms with Crippen LogP contribution < -0.4 is 69.4 Å². The van der Waals surface area contributed by atoms with Gasteiger partial charge in [-0.25, -0.2) is 9.37 Å². The first kappa shape index (κ1) is 86.9. The number of primary amides is 1. The highest BCUT2D eigenvalue weighted by molar-refractivity contribution is 6.01. The van der Waals surface area contributed by atoms with Crippen molar-refractivity contribution in [1.82, 2.24) is 63.1 Å². The Bertz CT molecular complexity index is 4270. The smallest absolute Gasteiger partial charge is 0.305 e. The molecule has 0 bridgehead atoms. The van der Waals surface area contributed by atoms with Gasteiger partial charge in [-0.2, -0.15) is 0 Å². The standard InChI is InChI=1S/C76H95FN14O19/c1-9-45-32-50(110-8)26-27-52(45)47-24-20-44(21-25-47)31-57(68(103)83-56(65(79)100)30-43-18-22-46(23-19-43)51-16-12-10-14-40(51)2)84-69(104)58(34-62(98)99)85-70(105)59(38-92)86-71(106)63(41(3)93)89-74(109)76(7,35-48-15-11-13-17-53(48)77)91-72(107)64(42(4)94)88-60(95)37-81-67(102)55(28-29-61(96)97)87-73(108)75(5,6)90-66(101)54(78)33-49-36-80-39-82-49/h10-27,32,36,39,41-42,54-59,63-64,92-94H,9,28-31,33-35,37-38,78H2,1-8H3,(H2,79,100)(H,80,82)(H,81,102)(H,83,103)(H,84,104)(H,85,105)(H,86,106)(H,87,108)(H,88,95)(H,89,109)(H,90,101)(H,91,107)(H,96,97)(H,98,99)/t41?,42?,54-,55-,56-,57-,58-,59-,63-,64-,76-/m0/s1. The van der Waals surface area contributed by atoms with Gasteiger partial charge in [0, 0.05) is 38.3 Å². The van der Waals surface area contributed by atoms with E-state index >= 15 is 4.39 Å². The zero-order valence-electron chi connectivity index (χ0n) is 61.9. The largest absolute Gasteiger partial charge is 0.497 e. The number of hydrogen-bond acceptors (Lipinski definition) is 19. The third kappa shape index (κ3) is 25.3. The number of aromatic nitrogens is 2. The van der Waals surface area contributed by atoms with Gasteiger partial charge < -0.3 is 99.9 Å². The Kier molecular flexibility index (Phi) is 31.8. The van der Waals surface area contributed by atoms with Crippen molar-refractivity contribution in [3.05, 3.63) is 167 Å². The van der Waals surface area contributed by atoms with Gasteiger partial charge in [0.1, 0.15) is 64.9 Å². The minimum Gasteiger partial charge on any atom is -0.497 e. The van der Waals surface area contributed by atoms with Crippen LogP contribution in [0, 0.1) is 12.7 Å². The van der Waals surface area contributed by atoms with Gasteiger partial charge in [0.2, 0.25) is 65.0 Å². The lowest BCUT2D eigenvalue weighted by Crippen LogP contribution is -2.67. The first-order chi connectivity index (χ1) is 52.0. The summed E-state index contributed by atoms with van der Waals surface area (Å²) in [6, 6.07) is 18.1. The number of aromatic amines is 1. The van der Waals surface area contributed by atoms with Crippen molar-refractivity contribution in [3.8, 4) is 28.0 Å². The molecule has 0 aliphatic rings. The number of benzene rings is 5. The lowest BCUT2D eigenvalue weighted by molar-refractivity contribution is -0.142. The number of nitrogens with two attached hydrogens (primary N) is 2. The molecule has 11 atom stereocenters. The number of nitrogens with zero attached hydrogens (tertiary/aromatic N) is 1. The molecule has 1 aromatic heterocycles. The summed E-state index contributed by atoms with van der Waals surface area (Å²) in [5.74, 6) is -16.1. The van der Waals surface area contributed by atoms with Gasteiger partial charge in [0.25, 0.3) is 0 Å². The SMILES string of the molecule is CCc1cc(OC)ccc1-c1ccc(C[C@H](NC(=O)[C@H](CC(=O)O)NC(=O)[C@H](CO)NC(=O)[C@@H](NC(=O)[C@](C)(Cc2ccccc2F)NC(=O)[C@@H](NC(=O)CNC(=O)[C@H](CCC(=O)O)NC(=O)C(C)(C)NC(=O)[C@@H](N)Cc2c[nH]cn2)C(C)O)C(C)O)C(=O)N[C@@H](Cc2ccc(-c3ccccc3C)cc2)C(N)=O)cc1. The average molecular weight is 1530 g/mol. The fraction of sp³-hybridized carbons (Fsp3) is 0.395. The van der Waals surface area contributed by atoms with E-state index in [2.05, 4.69) is 63.1 Å². The van der Waals surface area contributed by atoms with Crippen molar-refractivity contribution in [2.75, 3.05) is 20.3 Å². The molecule has 1 heterocycles. The van der Waals surface area contributed by atoms with E-state index < -0.39 is 193 Å². The lowest BCUT2D eigenvalue weighted by atomic mass is 9.90. The maximum atomic E-state index is 15.5. The summed E-state index contributed by atoms with van der Waals surface area (Å²) in [4.78, 5) is 184. The average Bonchev–Trinajstić information content (AvgIpc) is 1.10. The third-order valence-electron chi connectivity index (χ3n) is 17.9. The number of carboxylic acids is 2. The number of halogens is 1. The molecule has 33 nitrogen and oxygen atoms in total. The number of aliphatic hydroxyl groups is 3. The Labute approximate surface area is 632 Å². The number of carboxylic acid groups (broad SMARTS) is 2. The molecule has 0 spiro atoms. The molecule has 6 rings (SSSR count). The Morgan fingerprint density at radius 1 is 0.591 bits per heavy atom. The van der Waals surface area contributed by atoms with Gasteiger partial charge in [0.05, 0.1) is 57.0 Å². The van der Waals surface area contributed by atoms with Crippen LogP contribution in [0.1, 0.15) is 94.3 Å². The van der Waals surface area contributed by atoms with E-state index in [1.165, 1.54) is 44.6 Å². The van der Waals surface area contributed by atoms with Gasteiger partial charge in [-0.3, -0.25) is 62.3 Å². The van der Waals surface area contributed by atoms with E-state index in [1.54, 1.807) is 49.6 Å². The summed E-state index contributed by atoms with van der Waals surface area (Å²) < 4.78 is 20.9. The van der Waals surface area contributed by atoms with Crippen LogP contribution in [0.4, 0.5) is 4.39 Å². The van der Waals surface area contributed by atoms with Crippen LogP contribution in [0.15, 0.2) is 128 Å². The summed E-state index contributed by atoms with van der Waals surface area (Å²) in [7, 11) is 1.55.